The summed E-state index contributed by atoms with van der Waals surface area (Å²) in [7, 11) is 0. The summed E-state index contributed by atoms with van der Waals surface area (Å²) in [5, 5.41) is 2.61. The van der Waals surface area contributed by atoms with Gasteiger partial charge in [0.25, 0.3) is 0 Å². The summed E-state index contributed by atoms with van der Waals surface area (Å²) in [5.41, 5.74) is 1.09. The number of hydrogen-bond donors (Lipinski definition) is 1. The Kier molecular flexibility index (Phi) is 5.60. The monoisotopic (exact) mass is 377 g/mol. The number of hydrogen-bond acceptors (Lipinski definition) is 4. The predicted octanol–water partition coefficient (Wildman–Crippen LogP) is 4.23. The van der Waals surface area contributed by atoms with Crippen LogP contribution in [0.5, 0.6) is 5.75 Å². The van der Waals surface area contributed by atoms with Gasteiger partial charge in [0.1, 0.15) is 11.6 Å². The van der Waals surface area contributed by atoms with Gasteiger partial charge in [0, 0.05) is 23.7 Å². The van der Waals surface area contributed by atoms with Crippen LogP contribution in [-0.4, -0.2) is 17.7 Å². The van der Waals surface area contributed by atoms with Gasteiger partial charge in [0.05, 0.1) is 5.56 Å². The van der Waals surface area contributed by atoms with Crippen LogP contribution in [0.15, 0.2) is 72.8 Å². The molecule has 0 saturated carbocycles. The number of halogens is 1. The van der Waals surface area contributed by atoms with Gasteiger partial charge in [-0.15, -0.1) is 0 Å². The maximum Gasteiger partial charge on any atom is 0.344 e. The molecule has 0 saturated heterocycles. The molecule has 0 bridgehead atoms. The highest BCUT2D eigenvalue weighted by molar-refractivity contribution is 6.14. The second-order valence-corrected chi connectivity index (χ2v) is 5.98. The van der Waals surface area contributed by atoms with Crippen molar-refractivity contribution in [3.05, 3.63) is 95.3 Å². The maximum atomic E-state index is 13.1. The number of carbonyl (C=O) groups is 3. The van der Waals surface area contributed by atoms with Crippen LogP contribution in [0.4, 0.5) is 10.1 Å². The van der Waals surface area contributed by atoms with Gasteiger partial charge in [0.15, 0.2) is 5.78 Å². The van der Waals surface area contributed by atoms with Crippen LogP contribution in [0, 0.1) is 5.82 Å². The number of carbonyl (C=O) groups excluding carboxylic acids is 3. The van der Waals surface area contributed by atoms with Gasteiger partial charge in [-0.2, -0.15) is 0 Å². The zero-order valence-corrected chi connectivity index (χ0v) is 14.9. The molecular formula is C22H16FNO4. The third kappa shape index (κ3) is 4.48. The second kappa shape index (κ2) is 8.26. The number of anilines is 1. The molecule has 1 N–H and O–H groups in total. The Balaban J connectivity index is 1.82. The van der Waals surface area contributed by atoms with Crippen LogP contribution in [-0.2, 0) is 4.79 Å². The number of ketones is 1. The molecule has 0 unspecified atom stereocenters. The molecule has 3 aromatic rings. The molecule has 0 aliphatic heterocycles. The molecule has 0 aliphatic carbocycles. The van der Waals surface area contributed by atoms with Gasteiger partial charge in [0.2, 0.25) is 5.91 Å². The van der Waals surface area contributed by atoms with Crippen molar-refractivity contribution in [3.63, 3.8) is 0 Å². The van der Waals surface area contributed by atoms with Gasteiger partial charge in [-0.1, -0.05) is 18.2 Å². The molecule has 0 heterocycles. The standard InChI is InChI=1S/C22H16FNO4/c1-14(25)24-17-10-12-18(13-11-17)28-22(27)20-5-3-2-4-19(20)21(26)15-6-8-16(23)9-7-15/h2-13H,1H3,(H,24,25). The highest BCUT2D eigenvalue weighted by Gasteiger charge is 2.19. The lowest BCUT2D eigenvalue weighted by Crippen LogP contribution is -2.15. The molecule has 0 aromatic heterocycles. The molecule has 0 atom stereocenters. The van der Waals surface area contributed by atoms with Gasteiger partial charge in [-0.3, -0.25) is 9.59 Å². The van der Waals surface area contributed by atoms with Crippen molar-refractivity contribution in [1.29, 1.82) is 0 Å². The first-order chi connectivity index (χ1) is 13.4. The molecule has 0 aliphatic rings. The van der Waals surface area contributed by atoms with E-state index in [1.165, 1.54) is 55.5 Å². The Labute approximate surface area is 160 Å². The molecule has 1 amide bonds. The van der Waals surface area contributed by atoms with Crippen LogP contribution in [0.1, 0.15) is 33.2 Å². The number of amides is 1. The minimum absolute atomic E-state index is 0.0998. The average Bonchev–Trinajstić information content (AvgIpc) is 2.69. The van der Waals surface area contributed by atoms with E-state index in [4.69, 9.17) is 4.74 Å². The average molecular weight is 377 g/mol. The summed E-state index contributed by atoms with van der Waals surface area (Å²) >= 11 is 0. The lowest BCUT2D eigenvalue weighted by Gasteiger charge is -2.10. The summed E-state index contributed by atoms with van der Waals surface area (Å²) in [6.45, 7) is 1.39. The quantitative estimate of drug-likeness (QED) is 0.410. The lowest BCUT2D eigenvalue weighted by molar-refractivity contribution is -0.114. The Morgan fingerprint density at radius 3 is 2.04 bits per heavy atom. The predicted molar refractivity (Wildman–Crippen MR) is 102 cm³/mol. The van der Waals surface area contributed by atoms with E-state index < -0.39 is 17.6 Å². The van der Waals surface area contributed by atoms with E-state index in [1.54, 1.807) is 24.3 Å². The SMILES string of the molecule is CC(=O)Nc1ccc(OC(=O)c2ccccc2C(=O)c2ccc(F)cc2)cc1. The Morgan fingerprint density at radius 1 is 0.821 bits per heavy atom. The number of esters is 1. The first-order valence-electron chi connectivity index (χ1n) is 8.43. The fraction of sp³-hybridized carbons (Fsp3) is 0.0455. The first kappa shape index (κ1) is 19.0. The Bertz CT molecular complexity index is 1030. The number of nitrogens with one attached hydrogen (secondary N) is 1. The zero-order valence-electron chi connectivity index (χ0n) is 14.9. The van der Waals surface area contributed by atoms with E-state index in [0.717, 1.165) is 0 Å². The number of benzene rings is 3. The van der Waals surface area contributed by atoms with E-state index in [-0.39, 0.29) is 28.3 Å². The molecular weight excluding hydrogens is 361 g/mol. The van der Waals surface area contributed by atoms with Crippen LogP contribution in [0.2, 0.25) is 0 Å². The summed E-state index contributed by atoms with van der Waals surface area (Å²) < 4.78 is 18.4. The smallest absolute Gasteiger partial charge is 0.344 e. The third-order valence-electron chi connectivity index (χ3n) is 3.88. The van der Waals surface area contributed by atoms with E-state index in [2.05, 4.69) is 5.32 Å². The zero-order chi connectivity index (χ0) is 20.1. The molecule has 3 aromatic carbocycles. The van der Waals surface area contributed by atoms with Crippen molar-refractivity contribution in [2.24, 2.45) is 0 Å². The summed E-state index contributed by atoms with van der Waals surface area (Å²) in [5.74, 6) is -1.50. The van der Waals surface area contributed by atoms with Gasteiger partial charge < -0.3 is 10.1 Å². The minimum atomic E-state index is -0.696. The Morgan fingerprint density at radius 2 is 1.43 bits per heavy atom. The molecule has 6 heteroatoms. The summed E-state index contributed by atoms with van der Waals surface area (Å²) in [6, 6.07) is 17.6. The molecule has 3 rings (SSSR count). The van der Waals surface area contributed by atoms with Gasteiger partial charge in [-0.25, -0.2) is 9.18 Å². The van der Waals surface area contributed by atoms with Crippen LogP contribution >= 0.6 is 0 Å². The van der Waals surface area contributed by atoms with Crippen LogP contribution < -0.4 is 10.1 Å². The van der Waals surface area contributed by atoms with Gasteiger partial charge >= 0.3 is 5.97 Å². The van der Waals surface area contributed by atoms with Crippen molar-refractivity contribution in [1.82, 2.24) is 0 Å². The van der Waals surface area contributed by atoms with Crippen molar-refractivity contribution < 1.29 is 23.5 Å². The molecule has 5 nitrogen and oxygen atoms in total. The Hall–Kier alpha value is -3.80. The summed E-state index contributed by atoms with van der Waals surface area (Å²) in [4.78, 5) is 36.3. The summed E-state index contributed by atoms with van der Waals surface area (Å²) in [6.07, 6.45) is 0. The van der Waals surface area contributed by atoms with Crippen LogP contribution in [0.25, 0.3) is 0 Å². The van der Waals surface area contributed by atoms with E-state index >= 15 is 0 Å². The van der Waals surface area contributed by atoms with Crippen LogP contribution in [0.3, 0.4) is 0 Å². The highest BCUT2D eigenvalue weighted by Crippen LogP contribution is 2.20. The molecule has 0 spiro atoms. The van der Waals surface area contributed by atoms with E-state index in [0.29, 0.717) is 5.69 Å². The van der Waals surface area contributed by atoms with Crippen molar-refractivity contribution >= 4 is 23.3 Å². The fourth-order valence-corrected chi connectivity index (χ4v) is 2.59. The van der Waals surface area contributed by atoms with E-state index in [9.17, 15) is 18.8 Å². The number of rotatable bonds is 5. The van der Waals surface area contributed by atoms with E-state index in [1.807, 2.05) is 0 Å². The van der Waals surface area contributed by atoms with Crippen molar-refractivity contribution in [2.45, 2.75) is 6.92 Å². The van der Waals surface area contributed by atoms with Crippen molar-refractivity contribution in [3.8, 4) is 5.75 Å². The molecule has 28 heavy (non-hydrogen) atoms. The molecule has 0 radical (unpaired) electrons. The topological polar surface area (TPSA) is 72.5 Å². The molecule has 140 valence electrons. The highest BCUT2D eigenvalue weighted by atomic mass is 19.1. The number of ether oxygens (including phenoxy) is 1. The third-order valence-corrected chi connectivity index (χ3v) is 3.88. The largest absolute Gasteiger partial charge is 0.423 e. The normalized spacial score (nSPS) is 10.2. The fourth-order valence-electron chi connectivity index (χ4n) is 2.59. The second-order valence-electron chi connectivity index (χ2n) is 5.98. The first-order valence-corrected chi connectivity index (χ1v) is 8.43. The maximum absolute atomic E-state index is 13.1. The van der Waals surface area contributed by atoms with Gasteiger partial charge in [-0.05, 0) is 54.6 Å². The van der Waals surface area contributed by atoms with Crippen molar-refractivity contribution in [2.75, 3.05) is 5.32 Å². The minimum Gasteiger partial charge on any atom is -0.423 e. The lowest BCUT2D eigenvalue weighted by atomic mass is 9.98. The molecule has 0 fully saturated rings.